The van der Waals surface area contributed by atoms with Crippen LogP contribution in [0, 0.1) is 0 Å². The van der Waals surface area contributed by atoms with Gasteiger partial charge in [-0.15, -0.1) is 0 Å². The maximum absolute atomic E-state index is 12.7. The summed E-state index contributed by atoms with van der Waals surface area (Å²) in [5.74, 6) is 0.120. The molecule has 0 aliphatic rings. The summed E-state index contributed by atoms with van der Waals surface area (Å²) in [7, 11) is 0. The molecule has 0 radical (unpaired) electrons. The highest BCUT2D eigenvalue weighted by atomic mass is 32.2. The van der Waals surface area contributed by atoms with Gasteiger partial charge in [0.2, 0.25) is 0 Å². The first-order valence-corrected chi connectivity index (χ1v) is 11.7. The fraction of sp³-hybridized carbons (Fsp3) is 0.222. The summed E-state index contributed by atoms with van der Waals surface area (Å²) < 4.78 is 49.4. The lowest BCUT2D eigenvalue weighted by Crippen LogP contribution is -2.10. The number of ether oxygens (including phenoxy) is 2. The minimum Gasteiger partial charge on any atom is -0.488 e. The third-order valence-electron chi connectivity index (χ3n) is 5.01. The van der Waals surface area contributed by atoms with Crippen LogP contribution in [0.25, 0.3) is 6.08 Å². The molecule has 0 bridgehead atoms. The van der Waals surface area contributed by atoms with E-state index in [2.05, 4.69) is 6.58 Å². The summed E-state index contributed by atoms with van der Waals surface area (Å²) in [6.45, 7) is 5.62. The number of aliphatic carboxylic acids is 1. The molecular formula is C27H25F3O4S. The lowest BCUT2D eigenvalue weighted by molar-refractivity contribution is -0.139. The Bertz CT molecular complexity index is 1170. The van der Waals surface area contributed by atoms with Gasteiger partial charge in [-0.25, -0.2) is 4.79 Å². The maximum Gasteiger partial charge on any atom is 0.416 e. The molecule has 0 aliphatic carbocycles. The molecular weight excluding hydrogens is 477 g/mol. The van der Waals surface area contributed by atoms with Crippen molar-refractivity contribution in [3.05, 3.63) is 89.5 Å². The molecule has 0 fully saturated rings. The second-order valence-corrected chi connectivity index (χ2v) is 8.84. The number of carbonyl (C=O) groups is 1. The van der Waals surface area contributed by atoms with Crippen LogP contribution >= 0.6 is 11.8 Å². The van der Waals surface area contributed by atoms with E-state index >= 15 is 0 Å². The van der Waals surface area contributed by atoms with Crippen LogP contribution in [-0.2, 0) is 24.0 Å². The molecule has 8 heteroatoms. The van der Waals surface area contributed by atoms with E-state index in [-0.39, 0.29) is 13.2 Å². The topological polar surface area (TPSA) is 55.8 Å². The zero-order valence-corrected chi connectivity index (χ0v) is 19.9. The first-order valence-electron chi connectivity index (χ1n) is 10.9. The Hall–Kier alpha value is -3.39. The fourth-order valence-electron chi connectivity index (χ4n) is 3.33. The van der Waals surface area contributed by atoms with E-state index in [0.717, 1.165) is 45.9 Å². The van der Waals surface area contributed by atoms with Crippen LogP contribution in [0.5, 0.6) is 11.5 Å². The van der Waals surface area contributed by atoms with Crippen molar-refractivity contribution in [2.75, 3.05) is 6.61 Å². The number of alkyl halides is 3. The lowest BCUT2D eigenvalue weighted by Gasteiger charge is -2.13. The van der Waals surface area contributed by atoms with Crippen molar-refractivity contribution in [3.8, 4) is 11.5 Å². The number of halogens is 3. The SMILES string of the molecule is C=Cc1cc(Sc2ccc(OCC(=O)O)c(CCC)c2)ccc1OCc1ccc(C(F)(F)F)cc1. The second kappa shape index (κ2) is 11.8. The van der Waals surface area contributed by atoms with E-state index in [0.29, 0.717) is 17.1 Å². The molecule has 0 aromatic heterocycles. The number of rotatable bonds is 11. The molecule has 0 saturated carbocycles. The first kappa shape index (κ1) is 26.2. The Morgan fingerprint density at radius 2 is 1.66 bits per heavy atom. The third-order valence-corrected chi connectivity index (χ3v) is 5.99. The fourth-order valence-corrected chi connectivity index (χ4v) is 4.26. The standard InChI is InChI=1S/C27H25F3O4S/c1-3-5-20-15-23(11-13-25(20)34-17-26(31)32)35-22-10-12-24(19(4-2)14-22)33-16-18-6-8-21(9-7-18)27(28,29)30/h4,6-15H,2-3,5,16-17H2,1H3,(H,31,32). The highest BCUT2D eigenvalue weighted by Crippen LogP contribution is 2.35. The summed E-state index contributed by atoms with van der Waals surface area (Å²) in [4.78, 5) is 12.8. The van der Waals surface area contributed by atoms with Crippen LogP contribution in [-0.4, -0.2) is 17.7 Å². The molecule has 1 N–H and O–H groups in total. The van der Waals surface area contributed by atoms with Gasteiger partial charge in [0, 0.05) is 15.4 Å². The Labute approximate surface area is 206 Å². The van der Waals surface area contributed by atoms with Gasteiger partial charge in [-0.1, -0.05) is 49.9 Å². The molecule has 184 valence electrons. The van der Waals surface area contributed by atoms with Crippen molar-refractivity contribution in [1.29, 1.82) is 0 Å². The van der Waals surface area contributed by atoms with E-state index in [4.69, 9.17) is 14.6 Å². The van der Waals surface area contributed by atoms with E-state index < -0.39 is 17.7 Å². The molecule has 3 rings (SSSR count). The maximum atomic E-state index is 12.7. The minimum absolute atomic E-state index is 0.129. The summed E-state index contributed by atoms with van der Waals surface area (Å²) in [5.41, 5.74) is 1.63. The van der Waals surface area contributed by atoms with Gasteiger partial charge in [0.15, 0.2) is 6.61 Å². The smallest absolute Gasteiger partial charge is 0.416 e. The van der Waals surface area contributed by atoms with Gasteiger partial charge in [0.05, 0.1) is 5.56 Å². The van der Waals surface area contributed by atoms with E-state index in [1.807, 2.05) is 31.2 Å². The van der Waals surface area contributed by atoms with Crippen LogP contribution < -0.4 is 9.47 Å². The lowest BCUT2D eigenvalue weighted by atomic mass is 10.1. The summed E-state index contributed by atoms with van der Waals surface area (Å²) in [6, 6.07) is 16.2. The summed E-state index contributed by atoms with van der Waals surface area (Å²) in [5, 5.41) is 8.87. The average Bonchev–Trinajstić information content (AvgIpc) is 2.82. The Balaban J connectivity index is 1.70. The van der Waals surface area contributed by atoms with E-state index in [1.54, 1.807) is 18.2 Å². The predicted octanol–water partition coefficient (Wildman–Crippen LogP) is 7.49. The zero-order valence-electron chi connectivity index (χ0n) is 19.1. The molecule has 0 aliphatic heterocycles. The molecule has 3 aromatic rings. The Morgan fingerprint density at radius 1 is 1.00 bits per heavy atom. The molecule has 0 saturated heterocycles. The summed E-state index contributed by atoms with van der Waals surface area (Å²) >= 11 is 1.54. The van der Waals surface area contributed by atoms with Crippen LogP contribution in [0.15, 0.2) is 77.0 Å². The van der Waals surface area contributed by atoms with Crippen molar-refractivity contribution in [3.63, 3.8) is 0 Å². The zero-order chi connectivity index (χ0) is 25.4. The molecule has 35 heavy (non-hydrogen) atoms. The van der Waals surface area contributed by atoms with Gasteiger partial charge in [-0.3, -0.25) is 0 Å². The van der Waals surface area contributed by atoms with Crippen LogP contribution in [0.4, 0.5) is 13.2 Å². The minimum atomic E-state index is -4.37. The number of carboxylic acid groups (broad SMARTS) is 1. The number of aryl methyl sites for hydroxylation is 1. The molecule has 3 aromatic carbocycles. The third kappa shape index (κ3) is 7.55. The molecule has 0 spiro atoms. The van der Waals surface area contributed by atoms with Gasteiger partial charge < -0.3 is 14.6 Å². The predicted molar refractivity (Wildman–Crippen MR) is 130 cm³/mol. The molecule has 4 nitrogen and oxygen atoms in total. The number of benzene rings is 3. The first-order chi connectivity index (χ1) is 16.7. The van der Waals surface area contributed by atoms with Gasteiger partial charge >= 0.3 is 12.1 Å². The largest absolute Gasteiger partial charge is 0.488 e. The van der Waals surface area contributed by atoms with Crippen LogP contribution in [0.2, 0.25) is 0 Å². The van der Waals surface area contributed by atoms with Crippen molar-refractivity contribution < 1.29 is 32.5 Å². The van der Waals surface area contributed by atoms with Crippen molar-refractivity contribution in [1.82, 2.24) is 0 Å². The monoisotopic (exact) mass is 502 g/mol. The normalized spacial score (nSPS) is 11.2. The molecule has 0 heterocycles. The average molecular weight is 503 g/mol. The van der Waals surface area contributed by atoms with E-state index in [1.165, 1.54) is 23.9 Å². The Kier molecular flexibility index (Phi) is 8.87. The highest BCUT2D eigenvalue weighted by Gasteiger charge is 2.29. The van der Waals surface area contributed by atoms with Crippen molar-refractivity contribution in [2.45, 2.75) is 42.3 Å². The van der Waals surface area contributed by atoms with Crippen LogP contribution in [0.1, 0.15) is 35.6 Å². The Morgan fingerprint density at radius 3 is 2.26 bits per heavy atom. The quantitative estimate of drug-likeness (QED) is 0.294. The number of hydrogen-bond donors (Lipinski definition) is 1. The molecule has 0 unspecified atom stereocenters. The highest BCUT2D eigenvalue weighted by molar-refractivity contribution is 7.99. The second-order valence-electron chi connectivity index (χ2n) is 7.69. The molecule has 0 atom stereocenters. The van der Waals surface area contributed by atoms with Gasteiger partial charge in [0.1, 0.15) is 18.1 Å². The molecule has 0 amide bonds. The van der Waals surface area contributed by atoms with Gasteiger partial charge in [-0.2, -0.15) is 13.2 Å². The van der Waals surface area contributed by atoms with Crippen molar-refractivity contribution in [2.24, 2.45) is 0 Å². The van der Waals surface area contributed by atoms with Gasteiger partial charge in [-0.05, 0) is 66.1 Å². The number of hydrogen-bond acceptors (Lipinski definition) is 4. The van der Waals surface area contributed by atoms with Crippen molar-refractivity contribution >= 4 is 23.8 Å². The van der Waals surface area contributed by atoms with Gasteiger partial charge in [0.25, 0.3) is 0 Å². The number of carboxylic acids is 1. The van der Waals surface area contributed by atoms with Crippen LogP contribution in [0.3, 0.4) is 0 Å². The summed E-state index contributed by atoms with van der Waals surface area (Å²) in [6.07, 6.45) is -1.05. The van der Waals surface area contributed by atoms with E-state index in [9.17, 15) is 18.0 Å².